The summed E-state index contributed by atoms with van der Waals surface area (Å²) in [6.45, 7) is 7.10. The number of aliphatic imine (C=N–C) groups is 1. The van der Waals surface area contributed by atoms with E-state index in [0.717, 1.165) is 50.7 Å². The number of rotatable bonds is 6. The van der Waals surface area contributed by atoms with E-state index in [2.05, 4.69) is 46.6 Å². The van der Waals surface area contributed by atoms with Crippen molar-refractivity contribution in [1.29, 1.82) is 0 Å². The van der Waals surface area contributed by atoms with E-state index in [1.165, 1.54) is 24.3 Å². The smallest absolute Gasteiger partial charge is 0.193 e. The Labute approximate surface area is 191 Å². The molecule has 0 aliphatic carbocycles. The molecule has 2 fully saturated rings. The molecule has 2 atom stereocenters. The minimum absolute atomic E-state index is 0.289. The van der Waals surface area contributed by atoms with Crippen molar-refractivity contribution < 1.29 is 4.74 Å². The fraction of sp³-hybridized carbons (Fsp3) is 0.560. The number of nitrogens with one attached hydrogen (secondary N) is 1. The molecule has 0 saturated carbocycles. The Bertz CT molecular complexity index is 802. The molecule has 31 heavy (non-hydrogen) atoms. The molecule has 2 unspecified atom stereocenters. The minimum atomic E-state index is 0.289. The van der Waals surface area contributed by atoms with Crippen LogP contribution in [0.15, 0.2) is 52.8 Å². The van der Waals surface area contributed by atoms with E-state index in [-0.39, 0.29) is 6.10 Å². The first-order valence-corrected chi connectivity index (χ1v) is 12.6. The number of guanidine groups is 1. The van der Waals surface area contributed by atoms with Crippen molar-refractivity contribution in [3.63, 3.8) is 0 Å². The van der Waals surface area contributed by atoms with Crippen LogP contribution in [0.1, 0.15) is 43.5 Å². The van der Waals surface area contributed by atoms with Gasteiger partial charge in [-0.15, -0.1) is 11.3 Å². The number of benzene rings is 1. The van der Waals surface area contributed by atoms with Gasteiger partial charge in [0.2, 0.25) is 0 Å². The average Bonchev–Trinajstić information content (AvgIpc) is 3.32. The van der Waals surface area contributed by atoms with Crippen LogP contribution in [0.2, 0.25) is 0 Å². The van der Waals surface area contributed by atoms with Crippen molar-refractivity contribution in [2.24, 2.45) is 10.9 Å². The Balaban J connectivity index is 1.37. The van der Waals surface area contributed by atoms with Gasteiger partial charge in [-0.1, -0.05) is 24.3 Å². The number of thiophene rings is 1. The number of hydrogen-bond acceptors (Lipinski definition) is 4. The minimum Gasteiger partial charge on any atom is -0.490 e. The lowest BCUT2D eigenvalue weighted by molar-refractivity contribution is 0.124. The highest BCUT2D eigenvalue weighted by atomic mass is 32.1. The van der Waals surface area contributed by atoms with Gasteiger partial charge in [0.15, 0.2) is 5.96 Å². The first kappa shape index (κ1) is 22.2. The largest absolute Gasteiger partial charge is 0.490 e. The van der Waals surface area contributed by atoms with Crippen LogP contribution in [0.4, 0.5) is 0 Å². The van der Waals surface area contributed by atoms with E-state index in [9.17, 15) is 0 Å². The third-order valence-electron chi connectivity index (χ3n) is 6.44. The van der Waals surface area contributed by atoms with Crippen LogP contribution in [0, 0.1) is 5.92 Å². The Hall–Kier alpha value is -2.05. The summed E-state index contributed by atoms with van der Waals surface area (Å²) in [5, 5.41) is 5.74. The van der Waals surface area contributed by atoms with Gasteiger partial charge in [0.1, 0.15) is 11.9 Å². The maximum Gasteiger partial charge on any atom is 0.193 e. The Kier molecular flexibility index (Phi) is 7.86. The standard InChI is InChI=1S/C25H36N4OS/c1-3-26-25(29-16-13-22(14-17-29)30-21-10-5-4-6-11-21)27-19-20-9-7-15-28(2)24(20)23-12-8-18-31-23/h4-6,8,10-12,18,20,22,24H,3,7,9,13-17,19H2,1-2H3,(H,26,27). The Morgan fingerprint density at radius 3 is 2.61 bits per heavy atom. The lowest BCUT2D eigenvalue weighted by Gasteiger charge is -2.39. The fourth-order valence-corrected chi connectivity index (χ4v) is 5.85. The summed E-state index contributed by atoms with van der Waals surface area (Å²) in [5.41, 5.74) is 0. The topological polar surface area (TPSA) is 40.1 Å². The summed E-state index contributed by atoms with van der Waals surface area (Å²) < 4.78 is 6.17. The number of piperidine rings is 2. The lowest BCUT2D eigenvalue weighted by Crippen LogP contribution is -2.48. The molecule has 168 valence electrons. The SMILES string of the molecule is CCNC(=NCC1CCCN(C)C1c1cccs1)N1CCC(Oc2ccccc2)CC1. The third-order valence-corrected chi connectivity index (χ3v) is 7.38. The first-order chi connectivity index (χ1) is 15.2. The zero-order valence-electron chi connectivity index (χ0n) is 18.9. The second kappa shape index (κ2) is 11.0. The van der Waals surface area contributed by atoms with Gasteiger partial charge in [-0.3, -0.25) is 9.89 Å². The highest BCUT2D eigenvalue weighted by Crippen LogP contribution is 2.37. The van der Waals surface area contributed by atoms with Gasteiger partial charge in [-0.2, -0.15) is 0 Å². The molecule has 0 spiro atoms. The Morgan fingerprint density at radius 1 is 1.10 bits per heavy atom. The van der Waals surface area contributed by atoms with Gasteiger partial charge in [-0.05, 0) is 62.9 Å². The first-order valence-electron chi connectivity index (χ1n) is 11.7. The van der Waals surface area contributed by atoms with Crippen LogP contribution in [0.5, 0.6) is 5.75 Å². The lowest BCUT2D eigenvalue weighted by atomic mass is 9.88. The summed E-state index contributed by atoms with van der Waals surface area (Å²) in [4.78, 5) is 11.6. The van der Waals surface area contributed by atoms with Crippen molar-refractivity contribution in [1.82, 2.24) is 15.1 Å². The molecule has 2 aliphatic heterocycles. The molecule has 6 heteroatoms. The molecular weight excluding hydrogens is 404 g/mol. The van der Waals surface area contributed by atoms with E-state index < -0.39 is 0 Å². The Morgan fingerprint density at radius 2 is 1.90 bits per heavy atom. The number of nitrogens with zero attached hydrogens (tertiary/aromatic N) is 3. The third kappa shape index (κ3) is 5.80. The molecule has 2 saturated heterocycles. The molecule has 0 amide bonds. The molecule has 1 aromatic heterocycles. The number of ether oxygens (including phenoxy) is 1. The van der Waals surface area contributed by atoms with E-state index >= 15 is 0 Å². The zero-order chi connectivity index (χ0) is 21.5. The maximum atomic E-state index is 6.17. The molecule has 3 heterocycles. The van der Waals surface area contributed by atoms with Gasteiger partial charge in [0, 0.05) is 49.9 Å². The van der Waals surface area contributed by atoms with Gasteiger partial charge in [0.05, 0.1) is 0 Å². The highest BCUT2D eigenvalue weighted by molar-refractivity contribution is 7.10. The van der Waals surface area contributed by atoms with Crippen LogP contribution in [-0.2, 0) is 0 Å². The van der Waals surface area contributed by atoms with E-state index in [4.69, 9.17) is 9.73 Å². The van der Waals surface area contributed by atoms with Crippen molar-refractivity contribution in [3.8, 4) is 5.75 Å². The summed E-state index contributed by atoms with van der Waals surface area (Å²) in [7, 11) is 2.27. The van der Waals surface area contributed by atoms with Crippen molar-refractivity contribution in [2.45, 2.75) is 44.8 Å². The summed E-state index contributed by atoms with van der Waals surface area (Å²) >= 11 is 1.88. The van der Waals surface area contributed by atoms with Gasteiger partial charge in [0.25, 0.3) is 0 Å². The highest BCUT2D eigenvalue weighted by Gasteiger charge is 2.31. The molecular formula is C25H36N4OS. The van der Waals surface area contributed by atoms with Crippen LogP contribution < -0.4 is 10.1 Å². The van der Waals surface area contributed by atoms with Gasteiger partial charge < -0.3 is 15.0 Å². The summed E-state index contributed by atoms with van der Waals surface area (Å²) in [5.74, 6) is 2.62. The predicted molar refractivity (Wildman–Crippen MR) is 130 cm³/mol. The van der Waals surface area contributed by atoms with Crippen molar-refractivity contribution in [2.75, 3.05) is 39.8 Å². The van der Waals surface area contributed by atoms with Crippen LogP contribution >= 0.6 is 11.3 Å². The molecule has 0 radical (unpaired) electrons. The molecule has 2 aromatic rings. The number of likely N-dealkylation sites (tertiary alicyclic amines) is 2. The van der Waals surface area contributed by atoms with Gasteiger partial charge in [-0.25, -0.2) is 0 Å². The molecule has 2 aliphatic rings. The quantitative estimate of drug-likeness (QED) is 0.525. The number of hydrogen-bond donors (Lipinski definition) is 1. The molecule has 1 aromatic carbocycles. The normalized spacial score (nSPS) is 23.7. The fourth-order valence-electron chi connectivity index (χ4n) is 4.87. The van der Waals surface area contributed by atoms with Crippen LogP contribution in [-0.4, -0.2) is 61.6 Å². The van der Waals surface area contributed by atoms with E-state index in [0.29, 0.717) is 12.0 Å². The second-order valence-electron chi connectivity index (χ2n) is 8.66. The molecule has 1 N–H and O–H groups in total. The van der Waals surface area contributed by atoms with E-state index in [1.54, 1.807) is 0 Å². The zero-order valence-corrected chi connectivity index (χ0v) is 19.7. The van der Waals surface area contributed by atoms with Crippen molar-refractivity contribution >= 4 is 17.3 Å². The summed E-state index contributed by atoms with van der Waals surface area (Å²) in [6, 6.07) is 15.1. The van der Waals surface area contributed by atoms with Crippen LogP contribution in [0.25, 0.3) is 0 Å². The monoisotopic (exact) mass is 440 g/mol. The molecule has 0 bridgehead atoms. The van der Waals surface area contributed by atoms with Crippen LogP contribution in [0.3, 0.4) is 0 Å². The van der Waals surface area contributed by atoms with E-state index in [1.807, 2.05) is 41.7 Å². The second-order valence-corrected chi connectivity index (χ2v) is 9.63. The predicted octanol–water partition coefficient (Wildman–Crippen LogP) is 4.64. The van der Waals surface area contributed by atoms with Gasteiger partial charge >= 0.3 is 0 Å². The molecule has 5 nitrogen and oxygen atoms in total. The average molecular weight is 441 g/mol. The van der Waals surface area contributed by atoms with Crippen molar-refractivity contribution in [3.05, 3.63) is 52.7 Å². The maximum absolute atomic E-state index is 6.17. The molecule has 4 rings (SSSR count). The number of para-hydroxylation sites is 1. The summed E-state index contributed by atoms with van der Waals surface area (Å²) in [6.07, 6.45) is 4.86.